The van der Waals surface area contributed by atoms with E-state index in [1.165, 1.54) is 0 Å². The third-order valence-electron chi connectivity index (χ3n) is 5.01. The number of pyridine rings is 1. The lowest BCUT2D eigenvalue weighted by Crippen LogP contribution is -2.44. The highest BCUT2D eigenvalue weighted by Gasteiger charge is 2.34. The number of anilines is 1. The Bertz CT molecular complexity index is 1230. The first-order valence-corrected chi connectivity index (χ1v) is 9.01. The first-order chi connectivity index (χ1) is 13.7. The lowest BCUT2D eigenvalue weighted by atomic mass is 10.0. The van der Waals surface area contributed by atoms with Crippen LogP contribution in [0.1, 0.15) is 27.8 Å². The molecule has 0 fully saturated rings. The maximum absolute atomic E-state index is 13.2. The monoisotopic (exact) mass is 371 g/mol. The first-order valence-electron chi connectivity index (χ1n) is 9.01. The molecule has 6 heteroatoms. The van der Waals surface area contributed by atoms with Gasteiger partial charge in [0.1, 0.15) is 11.9 Å². The maximum atomic E-state index is 13.2. The maximum Gasteiger partial charge on any atom is 0.258 e. The van der Waals surface area contributed by atoms with Crippen LogP contribution in [0.3, 0.4) is 0 Å². The fourth-order valence-electron chi connectivity index (χ4n) is 3.64. The lowest BCUT2D eigenvalue weighted by Gasteiger charge is -2.37. The van der Waals surface area contributed by atoms with E-state index in [0.29, 0.717) is 22.6 Å². The largest absolute Gasteiger partial charge is 0.467 e. The fraction of sp³-hybridized carbons (Fsp3) is 0.0909. The highest BCUT2D eigenvalue weighted by atomic mass is 16.3. The van der Waals surface area contributed by atoms with Crippen LogP contribution >= 0.6 is 0 Å². The van der Waals surface area contributed by atoms with Gasteiger partial charge in [-0.25, -0.2) is 0 Å². The van der Waals surface area contributed by atoms with Gasteiger partial charge >= 0.3 is 0 Å². The van der Waals surface area contributed by atoms with Crippen molar-refractivity contribution in [3.8, 4) is 0 Å². The predicted molar refractivity (Wildman–Crippen MR) is 106 cm³/mol. The van der Waals surface area contributed by atoms with Crippen LogP contribution in [0.4, 0.5) is 5.69 Å². The average molecular weight is 371 g/mol. The molecule has 2 aromatic heterocycles. The Hall–Kier alpha value is -3.80. The third-order valence-corrected chi connectivity index (χ3v) is 5.01. The molecule has 0 unspecified atom stereocenters. The molecule has 0 saturated heterocycles. The topological polar surface area (TPSA) is 78.3 Å². The van der Waals surface area contributed by atoms with E-state index in [2.05, 4.69) is 10.3 Å². The Labute approximate surface area is 160 Å². The number of fused-ring (bicyclic) bond motifs is 2. The lowest BCUT2D eigenvalue weighted by molar-refractivity contribution is 0.0650. The van der Waals surface area contributed by atoms with Crippen molar-refractivity contribution in [3.63, 3.8) is 0 Å². The highest BCUT2D eigenvalue weighted by Crippen LogP contribution is 2.33. The van der Waals surface area contributed by atoms with E-state index in [1.807, 2.05) is 54.6 Å². The number of hydrogen-bond donors (Lipinski definition) is 2. The van der Waals surface area contributed by atoms with E-state index >= 15 is 0 Å². The summed E-state index contributed by atoms with van der Waals surface area (Å²) in [5.74, 6) is 0.500. The summed E-state index contributed by atoms with van der Waals surface area (Å²) >= 11 is 0. The van der Waals surface area contributed by atoms with Crippen LogP contribution in [0, 0.1) is 0 Å². The second-order valence-corrected chi connectivity index (χ2v) is 6.75. The molecule has 3 heterocycles. The second kappa shape index (κ2) is 6.42. The number of nitrogens with one attached hydrogen (secondary N) is 2. The standard InChI is InChI=1S/C22H17N3O3/c26-21-17(12-14-6-1-3-9-18(14)24-21)20-23-19-10-4-2-8-16(19)22(27)25(20)13-15-7-5-11-28-15/h1-12,20,23H,13H2,(H,24,26)/t20-/m0/s1. The van der Waals surface area contributed by atoms with Gasteiger partial charge in [-0.3, -0.25) is 9.59 Å². The molecule has 1 aliphatic rings. The third kappa shape index (κ3) is 2.66. The molecule has 138 valence electrons. The van der Waals surface area contributed by atoms with E-state index in [9.17, 15) is 9.59 Å². The minimum absolute atomic E-state index is 0.150. The molecule has 1 atom stereocenters. The summed E-state index contributed by atoms with van der Waals surface area (Å²) in [6, 6.07) is 20.3. The number of rotatable bonds is 3. The normalized spacial score (nSPS) is 16.1. The SMILES string of the molecule is O=C1c2ccccc2N[C@H](c2cc3ccccc3[nH]c2=O)N1Cc1ccco1. The quantitative estimate of drug-likeness (QED) is 0.573. The summed E-state index contributed by atoms with van der Waals surface area (Å²) in [5, 5.41) is 4.26. The second-order valence-electron chi connectivity index (χ2n) is 6.75. The number of para-hydroxylation sites is 2. The van der Waals surface area contributed by atoms with Gasteiger partial charge in [-0.2, -0.15) is 0 Å². The zero-order chi connectivity index (χ0) is 19.1. The van der Waals surface area contributed by atoms with Crippen molar-refractivity contribution in [2.45, 2.75) is 12.7 Å². The zero-order valence-electron chi connectivity index (χ0n) is 14.9. The molecule has 0 radical (unpaired) electrons. The van der Waals surface area contributed by atoms with Gasteiger partial charge in [-0.15, -0.1) is 0 Å². The van der Waals surface area contributed by atoms with Crippen molar-refractivity contribution >= 4 is 22.5 Å². The molecule has 1 aliphatic heterocycles. The van der Waals surface area contributed by atoms with Crippen molar-refractivity contribution in [2.75, 3.05) is 5.32 Å². The molecule has 5 rings (SSSR count). The fourth-order valence-corrected chi connectivity index (χ4v) is 3.64. The van der Waals surface area contributed by atoms with Crippen LogP contribution in [0.25, 0.3) is 10.9 Å². The summed E-state index contributed by atoms with van der Waals surface area (Å²) in [5.41, 5.74) is 2.29. The Morgan fingerprint density at radius 2 is 1.79 bits per heavy atom. The molecule has 1 amide bonds. The Balaban J connectivity index is 1.66. The van der Waals surface area contributed by atoms with E-state index in [4.69, 9.17) is 4.42 Å². The number of benzene rings is 2. The molecule has 0 bridgehead atoms. The zero-order valence-corrected chi connectivity index (χ0v) is 14.9. The summed E-state index contributed by atoms with van der Waals surface area (Å²) in [4.78, 5) is 30.6. The van der Waals surface area contributed by atoms with E-state index in [1.54, 1.807) is 23.3 Å². The Morgan fingerprint density at radius 1 is 0.964 bits per heavy atom. The van der Waals surface area contributed by atoms with Crippen molar-refractivity contribution in [1.82, 2.24) is 9.88 Å². The van der Waals surface area contributed by atoms with Gasteiger partial charge in [-0.05, 0) is 41.8 Å². The van der Waals surface area contributed by atoms with Crippen molar-refractivity contribution in [1.29, 1.82) is 0 Å². The molecule has 4 aromatic rings. The van der Waals surface area contributed by atoms with E-state index in [-0.39, 0.29) is 18.0 Å². The number of hydrogen-bond acceptors (Lipinski definition) is 4. The van der Waals surface area contributed by atoms with E-state index < -0.39 is 6.17 Å². The predicted octanol–water partition coefficient (Wildman–Crippen LogP) is 3.89. The number of nitrogens with zero attached hydrogens (tertiary/aromatic N) is 1. The molecule has 0 saturated carbocycles. The number of aromatic amines is 1. The molecular weight excluding hydrogens is 354 g/mol. The number of amides is 1. The molecule has 28 heavy (non-hydrogen) atoms. The number of carbonyl (C=O) groups excluding carboxylic acids is 1. The minimum atomic E-state index is -0.610. The molecule has 2 N–H and O–H groups in total. The summed E-state index contributed by atoms with van der Waals surface area (Å²) in [6.07, 6.45) is 0.962. The van der Waals surface area contributed by atoms with Crippen LogP contribution < -0.4 is 10.9 Å². The van der Waals surface area contributed by atoms with Crippen LogP contribution in [0.15, 0.2) is 82.2 Å². The minimum Gasteiger partial charge on any atom is -0.467 e. The number of carbonyl (C=O) groups is 1. The molecule has 0 aliphatic carbocycles. The van der Waals surface area contributed by atoms with Crippen LogP contribution in [-0.2, 0) is 6.54 Å². The van der Waals surface area contributed by atoms with Crippen LogP contribution in [-0.4, -0.2) is 15.8 Å². The average Bonchev–Trinajstić information content (AvgIpc) is 3.23. The molecular formula is C22H17N3O3. The summed E-state index contributed by atoms with van der Waals surface area (Å²) in [7, 11) is 0. The van der Waals surface area contributed by atoms with Gasteiger partial charge in [0.25, 0.3) is 11.5 Å². The van der Waals surface area contributed by atoms with Gasteiger partial charge < -0.3 is 19.6 Å². The molecule has 2 aromatic carbocycles. The van der Waals surface area contributed by atoms with Crippen molar-refractivity contribution in [3.05, 3.63) is 100 Å². The van der Waals surface area contributed by atoms with Crippen molar-refractivity contribution < 1.29 is 9.21 Å². The number of furan rings is 1. The van der Waals surface area contributed by atoms with Gasteiger partial charge in [0.05, 0.1) is 23.9 Å². The van der Waals surface area contributed by atoms with E-state index in [0.717, 1.165) is 10.9 Å². The van der Waals surface area contributed by atoms with Gasteiger partial charge in [-0.1, -0.05) is 30.3 Å². The van der Waals surface area contributed by atoms with Crippen molar-refractivity contribution in [2.24, 2.45) is 0 Å². The molecule has 0 spiro atoms. The summed E-state index contributed by atoms with van der Waals surface area (Å²) in [6.45, 7) is 0.254. The highest BCUT2D eigenvalue weighted by molar-refractivity contribution is 6.01. The smallest absolute Gasteiger partial charge is 0.258 e. The van der Waals surface area contributed by atoms with Crippen LogP contribution in [0.2, 0.25) is 0 Å². The van der Waals surface area contributed by atoms with Gasteiger partial charge in [0.2, 0.25) is 0 Å². The first kappa shape index (κ1) is 16.4. The van der Waals surface area contributed by atoms with Gasteiger partial charge in [0.15, 0.2) is 0 Å². The van der Waals surface area contributed by atoms with Crippen LogP contribution in [0.5, 0.6) is 0 Å². The number of H-pyrrole nitrogens is 1. The molecule has 6 nitrogen and oxygen atoms in total. The van der Waals surface area contributed by atoms with Gasteiger partial charge in [0, 0.05) is 11.2 Å². The number of aromatic nitrogens is 1. The summed E-state index contributed by atoms with van der Waals surface area (Å²) < 4.78 is 5.45. The Kier molecular flexibility index (Phi) is 3.76. The Morgan fingerprint density at radius 3 is 2.64 bits per heavy atom.